The first-order valence-corrected chi connectivity index (χ1v) is 6.89. The van der Waals surface area contributed by atoms with Gasteiger partial charge in [0.05, 0.1) is 31.1 Å². The second kappa shape index (κ2) is 6.87. The highest BCUT2D eigenvalue weighted by Gasteiger charge is 2.31. The molecular weight excluding hydrogens is 301 g/mol. The zero-order valence-corrected chi connectivity index (χ0v) is 12.1. The number of carbonyl (C=O) groups is 1. The van der Waals surface area contributed by atoms with Crippen LogP contribution in [-0.4, -0.2) is 43.8 Å². The molecule has 0 spiro atoms. The molecule has 0 atom stereocenters. The fourth-order valence-corrected chi connectivity index (χ4v) is 2.05. The number of carbonyl (C=O) groups excluding carboxylic acids is 1. The number of benzene rings is 1. The van der Waals surface area contributed by atoms with Crippen LogP contribution in [0.25, 0.3) is 0 Å². The second-order valence-corrected chi connectivity index (χ2v) is 4.67. The summed E-state index contributed by atoms with van der Waals surface area (Å²) in [5, 5.41) is 2.48. The Morgan fingerprint density at radius 2 is 2.05 bits per heavy atom. The molecule has 0 radical (unpaired) electrons. The van der Waals surface area contributed by atoms with Gasteiger partial charge in [-0.1, -0.05) is 0 Å². The summed E-state index contributed by atoms with van der Waals surface area (Å²) in [7, 11) is 0. The zero-order chi connectivity index (χ0) is 16.2. The maximum atomic E-state index is 12.8. The summed E-state index contributed by atoms with van der Waals surface area (Å²) in [5.41, 5.74) is -0.832. The Hall–Kier alpha value is -1.96. The number of urea groups is 1. The van der Waals surface area contributed by atoms with Gasteiger partial charge in [0.1, 0.15) is 5.75 Å². The van der Waals surface area contributed by atoms with E-state index in [1.54, 1.807) is 6.92 Å². The molecule has 22 heavy (non-hydrogen) atoms. The van der Waals surface area contributed by atoms with Crippen molar-refractivity contribution >= 4 is 11.7 Å². The van der Waals surface area contributed by atoms with E-state index < -0.39 is 17.8 Å². The molecule has 1 aromatic rings. The third-order valence-corrected chi connectivity index (χ3v) is 3.15. The van der Waals surface area contributed by atoms with E-state index in [9.17, 15) is 18.0 Å². The number of alkyl halides is 3. The third kappa shape index (κ3) is 4.03. The third-order valence-electron chi connectivity index (χ3n) is 3.15. The molecule has 2 amide bonds. The summed E-state index contributed by atoms with van der Waals surface area (Å²) >= 11 is 0. The van der Waals surface area contributed by atoms with Crippen molar-refractivity contribution in [2.24, 2.45) is 0 Å². The minimum absolute atomic E-state index is 0.00756. The van der Waals surface area contributed by atoms with Crippen molar-refractivity contribution in [1.82, 2.24) is 4.90 Å². The van der Waals surface area contributed by atoms with Crippen LogP contribution in [0.5, 0.6) is 5.75 Å². The molecule has 0 bridgehead atoms. The largest absolute Gasteiger partial charge is 0.492 e. The monoisotopic (exact) mass is 318 g/mol. The van der Waals surface area contributed by atoms with Crippen LogP contribution in [0.3, 0.4) is 0 Å². The summed E-state index contributed by atoms with van der Waals surface area (Å²) in [6.45, 7) is 3.61. The number of ether oxygens (including phenoxy) is 2. The zero-order valence-electron chi connectivity index (χ0n) is 12.1. The number of hydrogen-bond acceptors (Lipinski definition) is 3. The molecule has 8 heteroatoms. The average Bonchev–Trinajstić information content (AvgIpc) is 2.49. The van der Waals surface area contributed by atoms with Gasteiger partial charge in [0.25, 0.3) is 0 Å². The molecule has 1 heterocycles. The Morgan fingerprint density at radius 1 is 1.36 bits per heavy atom. The van der Waals surface area contributed by atoms with Crippen molar-refractivity contribution in [3.8, 4) is 5.75 Å². The minimum Gasteiger partial charge on any atom is -0.492 e. The number of morpholine rings is 1. The lowest BCUT2D eigenvalue weighted by molar-refractivity contribution is -0.137. The molecule has 122 valence electrons. The van der Waals surface area contributed by atoms with Crippen LogP contribution in [0.15, 0.2) is 18.2 Å². The van der Waals surface area contributed by atoms with Gasteiger partial charge in [0.2, 0.25) is 0 Å². The number of nitrogens with zero attached hydrogens (tertiary/aromatic N) is 1. The maximum Gasteiger partial charge on any atom is 0.416 e. The molecule has 1 aliphatic heterocycles. The molecular formula is C14H17F3N2O3. The molecule has 0 aromatic heterocycles. The maximum absolute atomic E-state index is 12.8. The number of amides is 2. The van der Waals surface area contributed by atoms with Crippen LogP contribution < -0.4 is 10.1 Å². The van der Waals surface area contributed by atoms with E-state index in [0.717, 1.165) is 12.1 Å². The van der Waals surface area contributed by atoms with E-state index in [1.165, 1.54) is 11.0 Å². The lowest BCUT2D eigenvalue weighted by Crippen LogP contribution is -2.43. The van der Waals surface area contributed by atoms with E-state index >= 15 is 0 Å². The summed E-state index contributed by atoms with van der Waals surface area (Å²) in [6, 6.07) is 2.54. The first kappa shape index (κ1) is 16.4. The van der Waals surface area contributed by atoms with Crippen LogP contribution >= 0.6 is 0 Å². The molecule has 2 rings (SSSR count). The second-order valence-electron chi connectivity index (χ2n) is 4.67. The number of hydrogen-bond donors (Lipinski definition) is 1. The van der Waals surface area contributed by atoms with Gasteiger partial charge >= 0.3 is 12.2 Å². The van der Waals surface area contributed by atoms with Gasteiger partial charge in [-0.15, -0.1) is 0 Å². The fraction of sp³-hybridized carbons (Fsp3) is 0.500. The lowest BCUT2D eigenvalue weighted by Gasteiger charge is -2.27. The van der Waals surface area contributed by atoms with E-state index in [1.807, 2.05) is 0 Å². The fourth-order valence-electron chi connectivity index (χ4n) is 2.05. The van der Waals surface area contributed by atoms with Crippen molar-refractivity contribution in [3.05, 3.63) is 23.8 Å². The predicted molar refractivity (Wildman–Crippen MR) is 74.0 cm³/mol. The molecule has 1 fully saturated rings. The highest BCUT2D eigenvalue weighted by Crippen LogP contribution is 2.35. The standard InChI is InChI=1S/C14H17F3N2O3/c1-2-22-12-4-3-10(14(15,16)17)9-11(12)18-13(20)19-5-7-21-8-6-19/h3-4,9H,2,5-8H2,1H3,(H,18,20). The first-order chi connectivity index (χ1) is 10.4. The molecule has 0 aliphatic carbocycles. The Kier molecular flexibility index (Phi) is 5.12. The van der Waals surface area contributed by atoms with Gasteiger partial charge in [-0.2, -0.15) is 13.2 Å². The van der Waals surface area contributed by atoms with Crippen molar-refractivity contribution in [2.45, 2.75) is 13.1 Å². The average molecular weight is 318 g/mol. The Morgan fingerprint density at radius 3 is 2.64 bits per heavy atom. The summed E-state index contributed by atoms with van der Waals surface area (Å²) in [6.07, 6.45) is -4.48. The summed E-state index contributed by atoms with van der Waals surface area (Å²) in [5.74, 6) is 0.206. The van der Waals surface area contributed by atoms with Crippen LogP contribution in [0.1, 0.15) is 12.5 Å². The van der Waals surface area contributed by atoms with Crippen molar-refractivity contribution in [1.29, 1.82) is 0 Å². The summed E-state index contributed by atoms with van der Waals surface area (Å²) < 4.78 is 48.8. The number of halogens is 3. The molecule has 0 unspecified atom stereocenters. The predicted octanol–water partition coefficient (Wildman–Crippen LogP) is 2.97. The quantitative estimate of drug-likeness (QED) is 0.932. The van der Waals surface area contributed by atoms with Crippen LogP contribution in [0.2, 0.25) is 0 Å². The van der Waals surface area contributed by atoms with Crippen LogP contribution in [0.4, 0.5) is 23.7 Å². The van der Waals surface area contributed by atoms with Crippen molar-refractivity contribution in [2.75, 3.05) is 38.2 Å². The highest BCUT2D eigenvalue weighted by molar-refractivity contribution is 5.91. The molecule has 0 saturated carbocycles. The first-order valence-electron chi connectivity index (χ1n) is 6.89. The smallest absolute Gasteiger partial charge is 0.416 e. The Labute approximate surface area is 126 Å². The molecule has 1 aromatic carbocycles. The van der Waals surface area contributed by atoms with Gasteiger partial charge in [0.15, 0.2) is 0 Å². The lowest BCUT2D eigenvalue weighted by atomic mass is 10.2. The van der Waals surface area contributed by atoms with Gasteiger partial charge in [0, 0.05) is 13.1 Å². The van der Waals surface area contributed by atoms with Crippen molar-refractivity contribution in [3.63, 3.8) is 0 Å². The van der Waals surface area contributed by atoms with Gasteiger partial charge in [-0.25, -0.2) is 4.79 Å². The SMILES string of the molecule is CCOc1ccc(C(F)(F)F)cc1NC(=O)N1CCOCC1. The van der Waals surface area contributed by atoms with Gasteiger partial charge < -0.3 is 19.7 Å². The van der Waals surface area contributed by atoms with Gasteiger partial charge in [-0.3, -0.25) is 0 Å². The normalized spacial score (nSPS) is 15.5. The van der Waals surface area contributed by atoms with Crippen LogP contribution in [0, 0.1) is 0 Å². The molecule has 5 nitrogen and oxygen atoms in total. The number of anilines is 1. The number of rotatable bonds is 3. The van der Waals surface area contributed by atoms with E-state index in [4.69, 9.17) is 9.47 Å². The van der Waals surface area contributed by atoms with E-state index in [0.29, 0.717) is 26.3 Å². The minimum atomic E-state index is -4.48. The molecule has 1 N–H and O–H groups in total. The van der Waals surface area contributed by atoms with E-state index in [2.05, 4.69) is 5.32 Å². The number of nitrogens with one attached hydrogen (secondary N) is 1. The molecule has 1 aliphatic rings. The van der Waals surface area contributed by atoms with Crippen molar-refractivity contribution < 1.29 is 27.4 Å². The van der Waals surface area contributed by atoms with Crippen LogP contribution in [-0.2, 0) is 10.9 Å². The Balaban J connectivity index is 2.20. The topological polar surface area (TPSA) is 50.8 Å². The van der Waals surface area contributed by atoms with Gasteiger partial charge in [-0.05, 0) is 25.1 Å². The molecule has 1 saturated heterocycles. The Bertz CT molecular complexity index is 529. The summed E-state index contributed by atoms with van der Waals surface area (Å²) in [4.78, 5) is 13.6. The van der Waals surface area contributed by atoms with E-state index in [-0.39, 0.29) is 18.0 Å². The highest BCUT2D eigenvalue weighted by atomic mass is 19.4.